The van der Waals surface area contributed by atoms with Crippen LogP contribution in [0.5, 0.6) is 11.5 Å². The predicted molar refractivity (Wildman–Crippen MR) is 99.9 cm³/mol. The highest BCUT2D eigenvalue weighted by atomic mass is 16.5. The molecule has 134 valence electrons. The molecule has 0 aliphatic rings. The lowest BCUT2D eigenvalue weighted by Crippen LogP contribution is -2.28. The number of ketones is 1. The lowest BCUT2D eigenvalue weighted by Gasteiger charge is -2.10. The van der Waals surface area contributed by atoms with Crippen molar-refractivity contribution in [2.75, 3.05) is 26.1 Å². The van der Waals surface area contributed by atoms with E-state index in [0.717, 1.165) is 5.56 Å². The third kappa shape index (κ3) is 5.28. The third-order valence-corrected chi connectivity index (χ3v) is 3.50. The number of rotatable bonds is 5. The van der Waals surface area contributed by atoms with E-state index in [0.29, 0.717) is 22.7 Å². The molecule has 6 heteroatoms. The molecule has 2 N–H and O–H groups in total. The molecule has 0 radical (unpaired) electrons. The second kappa shape index (κ2) is 9.14. The normalized spacial score (nSPS) is 9.50. The van der Waals surface area contributed by atoms with Gasteiger partial charge in [-0.3, -0.25) is 4.79 Å². The summed E-state index contributed by atoms with van der Waals surface area (Å²) in [6, 6.07) is 11.7. The Morgan fingerprint density at radius 3 is 2.31 bits per heavy atom. The number of ether oxygens (including phenoxy) is 2. The van der Waals surface area contributed by atoms with Crippen LogP contribution in [-0.4, -0.2) is 32.6 Å². The molecule has 0 atom stereocenters. The van der Waals surface area contributed by atoms with Gasteiger partial charge in [-0.2, -0.15) is 0 Å². The van der Waals surface area contributed by atoms with Gasteiger partial charge in [0.1, 0.15) is 0 Å². The molecule has 0 saturated carbocycles. The molecule has 2 rings (SSSR count). The fourth-order valence-electron chi connectivity index (χ4n) is 2.15. The Kier molecular flexibility index (Phi) is 6.63. The maximum absolute atomic E-state index is 11.9. The summed E-state index contributed by atoms with van der Waals surface area (Å²) in [4.78, 5) is 23.1. The van der Waals surface area contributed by atoms with Gasteiger partial charge in [0.15, 0.2) is 17.3 Å². The average molecular weight is 352 g/mol. The van der Waals surface area contributed by atoms with Gasteiger partial charge in [-0.15, -0.1) is 0 Å². The Bertz CT molecular complexity index is 848. The largest absolute Gasteiger partial charge is 0.493 e. The van der Waals surface area contributed by atoms with Crippen molar-refractivity contribution in [1.29, 1.82) is 0 Å². The first kappa shape index (κ1) is 18.9. The van der Waals surface area contributed by atoms with Crippen LogP contribution in [-0.2, 0) is 0 Å². The molecule has 0 spiro atoms. The number of methoxy groups -OCH3 is 2. The number of urea groups is 1. The molecule has 0 unspecified atom stereocenters. The van der Waals surface area contributed by atoms with Gasteiger partial charge in [0, 0.05) is 22.9 Å². The first-order valence-electron chi connectivity index (χ1n) is 7.90. The van der Waals surface area contributed by atoms with Gasteiger partial charge in [-0.25, -0.2) is 4.79 Å². The van der Waals surface area contributed by atoms with Gasteiger partial charge < -0.3 is 20.1 Å². The van der Waals surface area contributed by atoms with Crippen LogP contribution in [0.1, 0.15) is 22.8 Å². The quantitative estimate of drug-likeness (QED) is 0.640. The highest BCUT2D eigenvalue weighted by Gasteiger charge is 2.06. The van der Waals surface area contributed by atoms with Crippen LogP contribution in [0.4, 0.5) is 10.5 Å². The lowest BCUT2D eigenvalue weighted by molar-refractivity contribution is 0.101. The molecule has 0 aliphatic heterocycles. The van der Waals surface area contributed by atoms with E-state index in [1.807, 2.05) is 0 Å². The molecule has 2 aromatic rings. The van der Waals surface area contributed by atoms with Gasteiger partial charge in [0.25, 0.3) is 0 Å². The van der Waals surface area contributed by atoms with Crippen LogP contribution < -0.4 is 20.1 Å². The van der Waals surface area contributed by atoms with Crippen LogP contribution >= 0.6 is 0 Å². The SMILES string of the molecule is COc1ccc(NC(=O)NCC#Cc2ccc(C(C)=O)cc2)cc1OC. The van der Waals surface area contributed by atoms with Crippen molar-refractivity contribution >= 4 is 17.5 Å². The maximum Gasteiger partial charge on any atom is 0.319 e. The number of nitrogens with one attached hydrogen (secondary N) is 2. The highest BCUT2D eigenvalue weighted by Crippen LogP contribution is 2.29. The zero-order valence-corrected chi connectivity index (χ0v) is 14.9. The molecule has 6 nitrogen and oxygen atoms in total. The molecule has 0 bridgehead atoms. The van der Waals surface area contributed by atoms with Crippen molar-refractivity contribution in [2.45, 2.75) is 6.92 Å². The maximum atomic E-state index is 11.9. The second-order valence-electron chi connectivity index (χ2n) is 5.31. The highest BCUT2D eigenvalue weighted by molar-refractivity contribution is 5.94. The number of Topliss-reactive ketones (excluding diaryl/α,β-unsaturated/α-hetero) is 1. The van der Waals surface area contributed by atoms with Gasteiger partial charge in [0.2, 0.25) is 0 Å². The average Bonchev–Trinajstić information content (AvgIpc) is 2.65. The zero-order valence-electron chi connectivity index (χ0n) is 14.9. The van der Waals surface area contributed by atoms with E-state index in [-0.39, 0.29) is 18.4 Å². The Morgan fingerprint density at radius 2 is 1.69 bits per heavy atom. The molecule has 26 heavy (non-hydrogen) atoms. The number of carbonyl (C=O) groups is 2. The van der Waals surface area contributed by atoms with Crippen LogP contribution in [0.15, 0.2) is 42.5 Å². The summed E-state index contributed by atoms with van der Waals surface area (Å²) in [5.74, 6) is 6.90. The van der Waals surface area contributed by atoms with Crippen molar-refractivity contribution in [3.8, 4) is 23.3 Å². The van der Waals surface area contributed by atoms with E-state index >= 15 is 0 Å². The minimum atomic E-state index is -0.376. The third-order valence-electron chi connectivity index (χ3n) is 3.50. The molecule has 0 saturated heterocycles. The van der Waals surface area contributed by atoms with E-state index < -0.39 is 0 Å². The van der Waals surface area contributed by atoms with Crippen molar-refractivity contribution in [3.63, 3.8) is 0 Å². The Labute approximate surface area is 152 Å². The van der Waals surface area contributed by atoms with Crippen molar-refractivity contribution in [2.24, 2.45) is 0 Å². The van der Waals surface area contributed by atoms with Crippen molar-refractivity contribution < 1.29 is 19.1 Å². The lowest BCUT2D eigenvalue weighted by atomic mass is 10.1. The summed E-state index contributed by atoms with van der Waals surface area (Å²) in [7, 11) is 3.07. The number of hydrogen-bond donors (Lipinski definition) is 2. The van der Waals surface area contributed by atoms with Gasteiger partial charge in [0.05, 0.1) is 20.8 Å². The monoisotopic (exact) mass is 352 g/mol. The van der Waals surface area contributed by atoms with Crippen LogP contribution in [0.25, 0.3) is 0 Å². The minimum Gasteiger partial charge on any atom is -0.493 e. The number of anilines is 1. The van der Waals surface area contributed by atoms with Crippen molar-refractivity contribution in [1.82, 2.24) is 5.32 Å². The second-order valence-corrected chi connectivity index (χ2v) is 5.31. The van der Waals surface area contributed by atoms with Gasteiger partial charge in [-0.05, 0) is 31.2 Å². The number of carbonyl (C=O) groups excluding carboxylic acids is 2. The van der Waals surface area contributed by atoms with Crippen LogP contribution in [0.3, 0.4) is 0 Å². The van der Waals surface area contributed by atoms with Crippen LogP contribution in [0, 0.1) is 11.8 Å². The van der Waals surface area contributed by atoms with Crippen molar-refractivity contribution in [3.05, 3.63) is 53.6 Å². The number of amides is 2. The molecule has 0 heterocycles. The van der Waals surface area contributed by atoms with Crippen LogP contribution in [0.2, 0.25) is 0 Å². The fourth-order valence-corrected chi connectivity index (χ4v) is 2.15. The fraction of sp³-hybridized carbons (Fsp3) is 0.200. The molecule has 2 amide bonds. The predicted octanol–water partition coefficient (Wildman–Crippen LogP) is 3.08. The van der Waals surface area contributed by atoms with Gasteiger partial charge >= 0.3 is 6.03 Å². The molecule has 2 aromatic carbocycles. The topological polar surface area (TPSA) is 76.7 Å². The Morgan fingerprint density at radius 1 is 1.00 bits per heavy atom. The summed E-state index contributed by atoms with van der Waals surface area (Å²) in [5.41, 5.74) is 1.99. The Balaban J connectivity index is 1.87. The van der Waals surface area contributed by atoms with E-state index in [9.17, 15) is 9.59 Å². The first-order chi connectivity index (χ1) is 12.5. The summed E-state index contributed by atoms with van der Waals surface area (Å²) >= 11 is 0. The smallest absolute Gasteiger partial charge is 0.319 e. The summed E-state index contributed by atoms with van der Waals surface area (Å²) in [6.45, 7) is 1.70. The molecular weight excluding hydrogens is 332 g/mol. The number of benzene rings is 2. The summed E-state index contributed by atoms with van der Waals surface area (Å²) in [6.07, 6.45) is 0. The molecule has 0 fully saturated rings. The first-order valence-corrected chi connectivity index (χ1v) is 7.90. The van der Waals surface area contributed by atoms with Gasteiger partial charge in [-0.1, -0.05) is 24.0 Å². The van der Waals surface area contributed by atoms with E-state index in [2.05, 4.69) is 22.5 Å². The van der Waals surface area contributed by atoms with E-state index in [4.69, 9.17) is 9.47 Å². The van der Waals surface area contributed by atoms with E-state index in [1.165, 1.54) is 14.0 Å². The standard InChI is InChI=1S/C20H20N2O4/c1-14(23)16-8-6-15(7-9-16)5-4-12-21-20(24)22-17-10-11-18(25-2)19(13-17)26-3/h6-11,13H,12H2,1-3H3,(H2,21,22,24). The van der Waals surface area contributed by atoms with E-state index in [1.54, 1.807) is 49.6 Å². The molecular formula is C20H20N2O4. The number of hydrogen-bond acceptors (Lipinski definition) is 4. The zero-order chi connectivity index (χ0) is 18.9. The molecule has 0 aromatic heterocycles. The molecule has 0 aliphatic carbocycles. The minimum absolute atomic E-state index is 0.0120. The Hall–Kier alpha value is -3.46. The summed E-state index contributed by atoms with van der Waals surface area (Å²) < 4.78 is 10.3. The summed E-state index contributed by atoms with van der Waals surface area (Å²) in [5, 5.41) is 5.34.